The van der Waals surface area contributed by atoms with Gasteiger partial charge in [0.2, 0.25) is 0 Å². The highest BCUT2D eigenvalue weighted by atomic mass is 16.5. The SMILES string of the molecule is CC(=O)c1ccc2c(c1)C=CC(C)(CO)O2. The number of benzene rings is 1. The molecule has 0 amide bonds. The number of carbonyl (C=O) groups is 1. The second-order valence-corrected chi connectivity index (χ2v) is 4.21. The molecule has 1 N–H and O–H groups in total. The molecular formula is C13H14O3. The summed E-state index contributed by atoms with van der Waals surface area (Å²) in [7, 11) is 0. The van der Waals surface area contributed by atoms with Crippen LogP contribution in [0.3, 0.4) is 0 Å². The largest absolute Gasteiger partial charge is 0.480 e. The zero-order valence-electron chi connectivity index (χ0n) is 9.36. The first kappa shape index (κ1) is 10.9. The number of fused-ring (bicyclic) bond motifs is 1. The van der Waals surface area contributed by atoms with Crippen molar-refractivity contribution in [3.63, 3.8) is 0 Å². The van der Waals surface area contributed by atoms with Crippen LogP contribution in [0.25, 0.3) is 6.08 Å². The Morgan fingerprint density at radius 3 is 2.88 bits per heavy atom. The van der Waals surface area contributed by atoms with Crippen molar-refractivity contribution in [2.24, 2.45) is 0 Å². The molecule has 0 fully saturated rings. The number of Topliss-reactive ketones (excluding diaryl/α,β-unsaturated/α-hetero) is 1. The fourth-order valence-corrected chi connectivity index (χ4v) is 1.63. The van der Waals surface area contributed by atoms with Crippen LogP contribution in [0.4, 0.5) is 0 Å². The number of hydrogen-bond acceptors (Lipinski definition) is 3. The number of ketones is 1. The first-order valence-corrected chi connectivity index (χ1v) is 5.18. The maximum Gasteiger partial charge on any atom is 0.159 e. The molecule has 1 aromatic rings. The van der Waals surface area contributed by atoms with Gasteiger partial charge in [0.15, 0.2) is 5.78 Å². The number of ether oxygens (including phenoxy) is 1. The van der Waals surface area contributed by atoms with E-state index in [0.29, 0.717) is 11.3 Å². The molecule has 1 atom stereocenters. The summed E-state index contributed by atoms with van der Waals surface area (Å²) in [6.45, 7) is 3.27. The van der Waals surface area contributed by atoms with Gasteiger partial charge in [-0.05, 0) is 38.1 Å². The van der Waals surface area contributed by atoms with Gasteiger partial charge in [-0.3, -0.25) is 4.79 Å². The van der Waals surface area contributed by atoms with Gasteiger partial charge < -0.3 is 9.84 Å². The first-order valence-electron chi connectivity index (χ1n) is 5.18. The molecule has 16 heavy (non-hydrogen) atoms. The van der Waals surface area contributed by atoms with E-state index >= 15 is 0 Å². The van der Waals surface area contributed by atoms with Gasteiger partial charge >= 0.3 is 0 Å². The van der Waals surface area contributed by atoms with Crippen LogP contribution in [-0.2, 0) is 0 Å². The van der Waals surface area contributed by atoms with Crippen molar-refractivity contribution in [2.45, 2.75) is 19.4 Å². The van der Waals surface area contributed by atoms with E-state index in [1.54, 1.807) is 24.3 Å². The lowest BCUT2D eigenvalue weighted by Crippen LogP contribution is -2.35. The first-order chi connectivity index (χ1) is 7.54. The van der Waals surface area contributed by atoms with Gasteiger partial charge in [-0.15, -0.1) is 0 Å². The second-order valence-electron chi connectivity index (χ2n) is 4.21. The number of rotatable bonds is 2. The molecule has 2 rings (SSSR count). The summed E-state index contributed by atoms with van der Waals surface area (Å²) in [5.74, 6) is 0.732. The summed E-state index contributed by atoms with van der Waals surface area (Å²) in [6.07, 6.45) is 3.68. The third-order valence-electron chi connectivity index (χ3n) is 2.69. The molecular weight excluding hydrogens is 204 g/mol. The molecule has 0 saturated heterocycles. The van der Waals surface area contributed by atoms with Gasteiger partial charge in [-0.25, -0.2) is 0 Å². The Bertz CT molecular complexity index is 462. The maximum absolute atomic E-state index is 11.2. The molecule has 1 heterocycles. The molecule has 0 aromatic heterocycles. The van der Waals surface area contributed by atoms with Crippen LogP contribution in [0.5, 0.6) is 5.75 Å². The van der Waals surface area contributed by atoms with Crippen LogP contribution < -0.4 is 4.74 Å². The van der Waals surface area contributed by atoms with Crippen molar-refractivity contribution >= 4 is 11.9 Å². The van der Waals surface area contributed by atoms with Crippen molar-refractivity contribution < 1.29 is 14.6 Å². The summed E-state index contributed by atoms with van der Waals surface area (Å²) in [5.41, 5.74) is 0.878. The summed E-state index contributed by atoms with van der Waals surface area (Å²) >= 11 is 0. The fraction of sp³-hybridized carbons (Fsp3) is 0.308. The minimum Gasteiger partial charge on any atom is -0.480 e. The number of aliphatic hydroxyl groups excluding tert-OH is 1. The van der Waals surface area contributed by atoms with Crippen LogP contribution in [0.15, 0.2) is 24.3 Å². The molecule has 1 aliphatic rings. The molecule has 1 aliphatic heterocycles. The molecule has 1 aromatic carbocycles. The Hall–Kier alpha value is -1.61. The van der Waals surface area contributed by atoms with Gasteiger partial charge in [0.25, 0.3) is 0 Å². The van der Waals surface area contributed by atoms with Crippen molar-refractivity contribution in [2.75, 3.05) is 6.61 Å². The molecule has 1 unspecified atom stereocenters. The molecule has 3 heteroatoms. The van der Waals surface area contributed by atoms with E-state index in [1.807, 2.05) is 13.0 Å². The number of aliphatic hydroxyl groups is 1. The van der Waals surface area contributed by atoms with E-state index in [2.05, 4.69) is 0 Å². The van der Waals surface area contributed by atoms with E-state index in [0.717, 1.165) is 5.56 Å². The zero-order chi connectivity index (χ0) is 11.8. The fourth-order valence-electron chi connectivity index (χ4n) is 1.63. The summed E-state index contributed by atoms with van der Waals surface area (Å²) in [6, 6.07) is 5.30. The molecule has 0 radical (unpaired) electrons. The normalized spacial score (nSPS) is 22.4. The molecule has 0 saturated carbocycles. The van der Waals surface area contributed by atoms with Crippen molar-refractivity contribution in [1.29, 1.82) is 0 Å². The molecule has 3 nitrogen and oxygen atoms in total. The van der Waals surface area contributed by atoms with Gasteiger partial charge in [0.05, 0.1) is 6.61 Å². The van der Waals surface area contributed by atoms with Crippen molar-refractivity contribution in [1.82, 2.24) is 0 Å². The Morgan fingerprint density at radius 1 is 1.50 bits per heavy atom. The molecule has 0 bridgehead atoms. The Morgan fingerprint density at radius 2 is 2.25 bits per heavy atom. The second kappa shape index (κ2) is 3.76. The molecule has 0 spiro atoms. The van der Waals surface area contributed by atoms with Gasteiger partial charge in [-0.2, -0.15) is 0 Å². The van der Waals surface area contributed by atoms with E-state index < -0.39 is 5.60 Å². The standard InChI is InChI=1S/C13H14O3/c1-9(15)10-3-4-12-11(7-10)5-6-13(2,8-14)16-12/h3-7,14H,8H2,1-2H3. The average molecular weight is 218 g/mol. The van der Waals surface area contributed by atoms with Crippen LogP contribution in [0, 0.1) is 0 Å². The van der Waals surface area contributed by atoms with Crippen LogP contribution >= 0.6 is 0 Å². The highest BCUT2D eigenvalue weighted by Gasteiger charge is 2.26. The number of hydrogen-bond donors (Lipinski definition) is 1. The van der Waals surface area contributed by atoms with E-state index in [1.165, 1.54) is 6.92 Å². The maximum atomic E-state index is 11.2. The van der Waals surface area contributed by atoms with Gasteiger partial charge in [0, 0.05) is 11.1 Å². The Balaban J connectivity index is 2.40. The zero-order valence-corrected chi connectivity index (χ0v) is 9.36. The average Bonchev–Trinajstić information content (AvgIpc) is 2.28. The van der Waals surface area contributed by atoms with Crippen LogP contribution in [-0.4, -0.2) is 23.1 Å². The molecule has 0 aliphatic carbocycles. The lowest BCUT2D eigenvalue weighted by molar-refractivity contribution is 0.0641. The van der Waals surface area contributed by atoms with Crippen LogP contribution in [0.2, 0.25) is 0 Å². The topological polar surface area (TPSA) is 46.5 Å². The van der Waals surface area contributed by atoms with Gasteiger partial charge in [-0.1, -0.05) is 6.08 Å². The Labute approximate surface area is 94.4 Å². The van der Waals surface area contributed by atoms with E-state index in [-0.39, 0.29) is 12.4 Å². The predicted octanol–water partition coefficient (Wildman–Crippen LogP) is 2.05. The monoisotopic (exact) mass is 218 g/mol. The van der Waals surface area contributed by atoms with E-state index in [9.17, 15) is 9.90 Å². The highest BCUT2D eigenvalue weighted by molar-refractivity contribution is 5.95. The number of carbonyl (C=O) groups excluding carboxylic acids is 1. The molecule has 84 valence electrons. The summed E-state index contributed by atoms with van der Waals surface area (Å²) < 4.78 is 5.66. The predicted molar refractivity (Wildman–Crippen MR) is 61.6 cm³/mol. The highest BCUT2D eigenvalue weighted by Crippen LogP contribution is 2.31. The minimum absolute atomic E-state index is 0.0340. The van der Waals surface area contributed by atoms with E-state index in [4.69, 9.17) is 4.74 Å². The van der Waals surface area contributed by atoms with Crippen molar-refractivity contribution in [3.05, 3.63) is 35.4 Å². The third kappa shape index (κ3) is 1.86. The van der Waals surface area contributed by atoms with Crippen molar-refractivity contribution in [3.8, 4) is 5.75 Å². The third-order valence-corrected chi connectivity index (χ3v) is 2.69. The van der Waals surface area contributed by atoms with Gasteiger partial charge in [0.1, 0.15) is 11.4 Å². The lowest BCUT2D eigenvalue weighted by atomic mass is 9.99. The van der Waals surface area contributed by atoms with Crippen LogP contribution in [0.1, 0.15) is 29.8 Å². The summed E-state index contributed by atoms with van der Waals surface area (Å²) in [4.78, 5) is 11.2. The quantitative estimate of drug-likeness (QED) is 0.773. The lowest BCUT2D eigenvalue weighted by Gasteiger charge is -2.29. The minimum atomic E-state index is -0.662. The Kier molecular flexibility index (Phi) is 2.56. The summed E-state index contributed by atoms with van der Waals surface area (Å²) in [5, 5.41) is 9.19. The smallest absolute Gasteiger partial charge is 0.159 e.